The van der Waals surface area contributed by atoms with Crippen LogP contribution in [0.4, 0.5) is 4.39 Å². The molecule has 0 saturated heterocycles. The van der Waals surface area contributed by atoms with E-state index in [2.05, 4.69) is 5.32 Å². The number of carbonyl (C=O) groups excluding carboxylic acids is 1. The summed E-state index contributed by atoms with van der Waals surface area (Å²) < 4.78 is 18.8. The maximum absolute atomic E-state index is 13.3. The number of halogens is 1. The monoisotopic (exact) mass is 291 g/mol. The van der Waals surface area contributed by atoms with Crippen LogP contribution in [0, 0.1) is 12.7 Å². The average molecular weight is 291 g/mol. The van der Waals surface area contributed by atoms with Gasteiger partial charge in [-0.1, -0.05) is 6.92 Å². The van der Waals surface area contributed by atoms with Gasteiger partial charge in [-0.05, 0) is 44.5 Å². The molecule has 2 aromatic rings. The van der Waals surface area contributed by atoms with Crippen molar-refractivity contribution in [3.8, 4) is 17.1 Å². The summed E-state index contributed by atoms with van der Waals surface area (Å²) in [6.45, 7) is 5.35. The summed E-state index contributed by atoms with van der Waals surface area (Å²) in [6.07, 6.45) is 0.817. The molecular formula is C16H18FNO3. The van der Waals surface area contributed by atoms with E-state index in [9.17, 15) is 14.3 Å². The van der Waals surface area contributed by atoms with E-state index in [1.165, 1.54) is 25.1 Å². The van der Waals surface area contributed by atoms with E-state index >= 15 is 0 Å². The second kappa shape index (κ2) is 5.99. The van der Waals surface area contributed by atoms with Crippen molar-refractivity contribution in [1.82, 2.24) is 5.32 Å². The molecule has 1 unspecified atom stereocenters. The van der Waals surface area contributed by atoms with E-state index in [-0.39, 0.29) is 29.0 Å². The number of hydrogen-bond acceptors (Lipinski definition) is 3. The lowest BCUT2D eigenvalue weighted by Crippen LogP contribution is -2.31. The molecule has 0 bridgehead atoms. The van der Waals surface area contributed by atoms with Gasteiger partial charge in [0.05, 0.1) is 5.56 Å². The fourth-order valence-corrected chi connectivity index (χ4v) is 1.88. The number of amides is 1. The van der Waals surface area contributed by atoms with Crippen LogP contribution in [0.1, 0.15) is 36.4 Å². The molecule has 1 amide bonds. The number of carbonyl (C=O) groups is 1. The van der Waals surface area contributed by atoms with Gasteiger partial charge in [0, 0.05) is 11.6 Å². The highest BCUT2D eigenvalue weighted by molar-refractivity contribution is 5.92. The van der Waals surface area contributed by atoms with Gasteiger partial charge in [0.2, 0.25) is 0 Å². The van der Waals surface area contributed by atoms with Gasteiger partial charge < -0.3 is 14.8 Å². The van der Waals surface area contributed by atoms with Crippen LogP contribution in [0.3, 0.4) is 0 Å². The molecular weight excluding hydrogens is 273 g/mol. The molecule has 0 radical (unpaired) electrons. The van der Waals surface area contributed by atoms with Gasteiger partial charge in [-0.2, -0.15) is 0 Å². The highest BCUT2D eigenvalue weighted by Crippen LogP contribution is 2.34. The number of benzene rings is 1. The van der Waals surface area contributed by atoms with E-state index in [1.54, 1.807) is 6.07 Å². The molecule has 1 heterocycles. The number of nitrogens with one attached hydrogen (secondary N) is 1. The third-order valence-electron chi connectivity index (χ3n) is 3.45. The zero-order chi connectivity index (χ0) is 15.6. The first-order valence-corrected chi connectivity index (χ1v) is 6.83. The van der Waals surface area contributed by atoms with Crippen molar-refractivity contribution < 1.29 is 18.7 Å². The van der Waals surface area contributed by atoms with E-state index in [4.69, 9.17) is 4.42 Å². The van der Waals surface area contributed by atoms with Gasteiger partial charge in [0.1, 0.15) is 17.3 Å². The van der Waals surface area contributed by atoms with Crippen molar-refractivity contribution >= 4 is 5.91 Å². The molecule has 0 saturated carbocycles. The molecule has 1 aromatic carbocycles. The molecule has 0 aliphatic heterocycles. The third kappa shape index (κ3) is 3.07. The predicted octanol–water partition coefficient (Wildman–Crippen LogP) is 3.63. The Balaban J connectivity index is 2.28. The maximum atomic E-state index is 13.3. The standard InChI is InChI=1S/C16H18FNO3/c1-4-9(2)18-16(20)14-8-7-13(21-14)11-5-6-12(17)10(3)15(11)19/h5-9,19H,4H2,1-3H3,(H,18,20). The number of phenolic OH excluding ortho intramolecular Hbond substituents is 1. The number of furan rings is 1. The first-order chi connectivity index (χ1) is 9.93. The summed E-state index contributed by atoms with van der Waals surface area (Å²) in [5, 5.41) is 12.8. The van der Waals surface area contributed by atoms with Crippen LogP contribution in [-0.4, -0.2) is 17.1 Å². The maximum Gasteiger partial charge on any atom is 0.287 e. The second-order valence-electron chi connectivity index (χ2n) is 5.02. The predicted molar refractivity (Wildman–Crippen MR) is 77.7 cm³/mol. The fraction of sp³-hybridized carbons (Fsp3) is 0.312. The van der Waals surface area contributed by atoms with Crippen molar-refractivity contribution in [2.24, 2.45) is 0 Å². The third-order valence-corrected chi connectivity index (χ3v) is 3.45. The van der Waals surface area contributed by atoms with Crippen LogP contribution in [0.25, 0.3) is 11.3 Å². The molecule has 5 heteroatoms. The van der Waals surface area contributed by atoms with Gasteiger partial charge >= 0.3 is 0 Å². The highest BCUT2D eigenvalue weighted by Gasteiger charge is 2.17. The topological polar surface area (TPSA) is 62.5 Å². The lowest BCUT2D eigenvalue weighted by Gasteiger charge is -2.09. The second-order valence-corrected chi connectivity index (χ2v) is 5.02. The Kier molecular flexibility index (Phi) is 4.31. The Morgan fingerprint density at radius 1 is 1.38 bits per heavy atom. The van der Waals surface area contributed by atoms with Crippen molar-refractivity contribution in [3.05, 3.63) is 41.4 Å². The van der Waals surface area contributed by atoms with Crippen LogP contribution in [0.5, 0.6) is 5.75 Å². The molecule has 0 spiro atoms. The smallest absolute Gasteiger partial charge is 0.287 e. The summed E-state index contributed by atoms with van der Waals surface area (Å²) in [7, 11) is 0. The van der Waals surface area contributed by atoms with Gasteiger partial charge in [-0.3, -0.25) is 4.79 Å². The summed E-state index contributed by atoms with van der Waals surface area (Å²) >= 11 is 0. The molecule has 0 fully saturated rings. The Hall–Kier alpha value is -2.30. The molecule has 112 valence electrons. The van der Waals surface area contributed by atoms with Crippen LogP contribution in [-0.2, 0) is 0 Å². The van der Waals surface area contributed by atoms with Crippen molar-refractivity contribution in [2.45, 2.75) is 33.2 Å². The van der Waals surface area contributed by atoms with Crippen molar-refractivity contribution in [1.29, 1.82) is 0 Å². The largest absolute Gasteiger partial charge is 0.507 e. The van der Waals surface area contributed by atoms with Crippen LogP contribution < -0.4 is 5.32 Å². The van der Waals surface area contributed by atoms with Crippen LogP contribution in [0.15, 0.2) is 28.7 Å². The molecule has 1 atom stereocenters. The Labute approximate surface area is 122 Å². The number of aromatic hydroxyl groups is 1. The van der Waals surface area contributed by atoms with Gasteiger partial charge in [0.15, 0.2) is 5.76 Å². The average Bonchev–Trinajstić information content (AvgIpc) is 2.94. The minimum Gasteiger partial charge on any atom is -0.507 e. The summed E-state index contributed by atoms with van der Waals surface area (Å²) in [5.41, 5.74) is 0.506. The molecule has 2 N–H and O–H groups in total. The summed E-state index contributed by atoms with van der Waals surface area (Å²) in [5.74, 6) is -0.499. The summed E-state index contributed by atoms with van der Waals surface area (Å²) in [6, 6.07) is 5.84. The quantitative estimate of drug-likeness (QED) is 0.904. The van der Waals surface area contributed by atoms with Crippen molar-refractivity contribution in [3.63, 3.8) is 0 Å². The number of hydrogen-bond donors (Lipinski definition) is 2. The Bertz CT molecular complexity index is 664. The molecule has 0 aliphatic carbocycles. The number of rotatable bonds is 4. The summed E-state index contributed by atoms with van der Waals surface area (Å²) in [4.78, 5) is 11.9. The molecule has 4 nitrogen and oxygen atoms in total. The fourth-order valence-electron chi connectivity index (χ4n) is 1.88. The van der Waals surface area contributed by atoms with Gasteiger partial charge in [0.25, 0.3) is 5.91 Å². The first kappa shape index (κ1) is 15.1. The molecule has 0 aliphatic rings. The lowest BCUT2D eigenvalue weighted by molar-refractivity contribution is 0.0912. The Morgan fingerprint density at radius 3 is 2.76 bits per heavy atom. The van der Waals surface area contributed by atoms with Gasteiger partial charge in [-0.15, -0.1) is 0 Å². The normalized spacial score (nSPS) is 12.2. The Morgan fingerprint density at radius 2 is 2.10 bits per heavy atom. The van der Waals surface area contributed by atoms with Crippen LogP contribution >= 0.6 is 0 Å². The van der Waals surface area contributed by atoms with E-state index in [0.717, 1.165) is 6.42 Å². The minimum absolute atomic E-state index is 0.0486. The zero-order valence-electron chi connectivity index (χ0n) is 12.2. The lowest BCUT2D eigenvalue weighted by atomic mass is 10.1. The van der Waals surface area contributed by atoms with Gasteiger partial charge in [-0.25, -0.2) is 4.39 Å². The van der Waals surface area contributed by atoms with E-state index in [1.807, 2.05) is 13.8 Å². The van der Waals surface area contributed by atoms with Crippen molar-refractivity contribution in [2.75, 3.05) is 0 Å². The minimum atomic E-state index is -0.488. The molecule has 2 rings (SSSR count). The SMILES string of the molecule is CCC(C)NC(=O)c1ccc(-c2ccc(F)c(C)c2O)o1. The van der Waals surface area contributed by atoms with E-state index in [0.29, 0.717) is 11.3 Å². The molecule has 21 heavy (non-hydrogen) atoms. The highest BCUT2D eigenvalue weighted by atomic mass is 19.1. The first-order valence-electron chi connectivity index (χ1n) is 6.83. The van der Waals surface area contributed by atoms with E-state index < -0.39 is 5.82 Å². The zero-order valence-corrected chi connectivity index (χ0v) is 12.2. The van der Waals surface area contributed by atoms with Crippen LogP contribution in [0.2, 0.25) is 0 Å². The number of phenols is 1. The molecule has 1 aromatic heterocycles.